The first-order chi connectivity index (χ1) is 15.3. The number of non-ortho nitro benzene ring substituents is 1. The lowest BCUT2D eigenvalue weighted by molar-refractivity contribution is -0.384. The van der Waals surface area contributed by atoms with Crippen molar-refractivity contribution < 1.29 is 29.5 Å². The molecule has 2 amide bonds. The Kier molecular flexibility index (Phi) is 5.33. The van der Waals surface area contributed by atoms with Crippen molar-refractivity contribution in [1.82, 2.24) is 5.32 Å². The summed E-state index contributed by atoms with van der Waals surface area (Å²) in [6.45, 7) is -0.916. The number of nitro benzene ring substituents is 1. The summed E-state index contributed by atoms with van der Waals surface area (Å²) in [7, 11) is 0. The van der Waals surface area contributed by atoms with Gasteiger partial charge in [-0.15, -0.1) is 0 Å². The summed E-state index contributed by atoms with van der Waals surface area (Å²) in [5, 5.41) is 33.8. The summed E-state index contributed by atoms with van der Waals surface area (Å²) in [6.07, 6.45) is 3.29. The Morgan fingerprint density at radius 2 is 1.88 bits per heavy atom. The molecule has 2 fully saturated rings. The van der Waals surface area contributed by atoms with Crippen LogP contribution in [0.1, 0.15) is 5.56 Å². The van der Waals surface area contributed by atoms with Gasteiger partial charge in [0.25, 0.3) is 5.69 Å². The molecule has 4 unspecified atom stereocenters. The zero-order valence-electron chi connectivity index (χ0n) is 16.6. The maximum Gasteiger partial charge on any atom is 0.327 e. The zero-order valence-corrected chi connectivity index (χ0v) is 16.6. The van der Waals surface area contributed by atoms with Crippen LogP contribution in [0.4, 0.5) is 11.4 Å². The van der Waals surface area contributed by atoms with Crippen molar-refractivity contribution in [2.75, 3.05) is 11.5 Å². The lowest BCUT2D eigenvalue weighted by Gasteiger charge is -2.28. The summed E-state index contributed by atoms with van der Waals surface area (Å²) in [5.74, 6) is -5.48. The molecular weight excluding hydrogens is 418 g/mol. The van der Waals surface area contributed by atoms with Crippen LogP contribution in [0.5, 0.6) is 0 Å². The molecule has 3 N–H and O–H groups in total. The van der Waals surface area contributed by atoms with Gasteiger partial charge in [0.2, 0.25) is 11.8 Å². The number of benzene rings is 2. The Hall–Kier alpha value is -3.89. The van der Waals surface area contributed by atoms with Gasteiger partial charge in [-0.25, -0.2) is 4.90 Å². The van der Waals surface area contributed by atoms with E-state index in [0.29, 0.717) is 0 Å². The van der Waals surface area contributed by atoms with Gasteiger partial charge >= 0.3 is 5.97 Å². The van der Waals surface area contributed by atoms with Gasteiger partial charge in [-0.05, 0) is 11.6 Å². The minimum absolute atomic E-state index is 0.0217. The molecule has 0 bridgehead atoms. The predicted molar refractivity (Wildman–Crippen MR) is 112 cm³/mol. The smallest absolute Gasteiger partial charge is 0.327 e. The Balaban J connectivity index is 1.77. The first-order valence-electron chi connectivity index (χ1n) is 9.77. The number of imide groups is 1. The van der Waals surface area contributed by atoms with Gasteiger partial charge in [0, 0.05) is 18.2 Å². The monoisotopic (exact) mass is 437 g/mol. The molecule has 10 nitrogen and oxygen atoms in total. The standard InChI is InChI=1S/C22H19N3O7/c26-12-22(21(29)30)18-17(16(23-22)10-9-13-5-2-1-3-6-13)19(27)24(20(18)28)14-7-4-8-15(11-14)25(31)32/h1-11,16-18,23,26H,12H2,(H,29,30). The van der Waals surface area contributed by atoms with Crippen LogP contribution in [-0.2, 0) is 14.4 Å². The van der Waals surface area contributed by atoms with E-state index in [0.717, 1.165) is 16.5 Å². The number of anilines is 1. The molecule has 0 aliphatic carbocycles. The first-order valence-corrected chi connectivity index (χ1v) is 9.77. The van der Waals surface area contributed by atoms with Gasteiger partial charge in [-0.3, -0.25) is 29.8 Å². The first kappa shape index (κ1) is 21.3. The summed E-state index contributed by atoms with van der Waals surface area (Å²) in [5.41, 5.74) is -1.61. The van der Waals surface area contributed by atoms with E-state index in [1.54, 1.807) is 12.2 Å². The molecule has 2 aliphatic heterocycles. The number of carboxylic acid groups (broad SMARTS) is 1. The molecule has 0 spiro atoms. The van der Waals surface area contributed by atoms with Gasteiger partial charge in [0.05, 0.1) is 29.1 Å². The van der Waals surface area contributed by atoms with Crippen molar-refractivity contribution in [2.24, 2.45) is 11.8 Å². The van der Waals surface area contributed by atoms with Gasteiger partial charge in [-0.2, -0.15) is 0 Å². The largest absolute Gasteiger partial charge is 0.480 e. The number of hydrogen-bond acceptors (Lipinski definition) is 7. The number of aliphatic carboxylic acids is 1. The quantitative estimate of drug-likeness (QED) is 0.347. The summed E-state index contributed by atoms with van der Waals surface area (Å²) < 4.78 is 0. The van der Waals surface area contributed by atoms with E-state index in [1.165, 1.54) is 18.2 Å². The number of carboxylic acids is 1. The van der Waals surface area contributed by atoms with E-state index in [-0.39, 0.29) is 11.4 Å². The summed E-state index contributed by atoms with van der Waals surface area (Å²) in [4.78, 5) is 50.0. The number of nitrogens with one attached hydrogen (secondary N) is 1. The number of fused-ring (bicyclic) bond motifs is 1. The topological polar surface area (TPSA) is 150 Å². The summed E-state index contributed by atoms with van der Waals surface area (Å²) >= 11 is 0. The van der Waals surface area contributed by atoms with Crippen LogP contribution in [0.3, 0.4) is 0 Å². The Morgan fingerprint density at radius 1 is 1.16 bits per heavy atom. The van der Waals surface area contributed by atoms with Crippen molar-refractivity contribution in [1.29, 1.82) is 0 Å². The normalized spacial score (nSPS) is 27.2. The molecule has 4 atom stereocenters. The SMILES string of the molecule is O=C1C2C(C=Cc3ccccc3)NC(CO)(C(=O)O)C2C(=O)N1c1cccc([N+](=O)[O-])c1. The second-order valence-electron chi connectivity index (χ2n) is 7.67. The van der Waals surface area contributed by atoms with Crippen LogP contribution in [0.25, 0.3) is 6.08 Å². The Bertz CT molecular complexity index is 1130. The average Bonchev–Trinajstić information content (AvgIpc) is 3.27. The second-order valence-corrected chi connectivity index (χ2v) is 7.67. The number of carbonyl (C=O) groups is 3. The molecule has 0 saturated carbocycles. The molecule has 2 aromatic rings. The molecule has 2 heterocycles. The lowest BCUT2D eigenvalue weighted by atomic mass is 9.80. The van der Waals surface area contributed by atoms with Crippen LogP contribution in [-0.4, -0.2) is 51.1 Å². The van der Waals surface area contributed by atoms with Crippen LogP contribution in [0, 0.1) is 22.0 Å². The highest BCUT2D eigenvalue weighted by Crippen LogP contribution is 2.45. The van der Waals surface area contributed by atoms with E-state index in [2.05, 4.69) is 5.32 Å². The molecule has 0 radical (unpaired) electrons. The van der Waals surface area contributed by atoms with Crippen LogP contribution in [0.2, 0.25) is 0 Å². The predicted octanol–water partition coefficient (Wildman–Crippen LogP) is 1.20. The Morgan fingerprint density at radius 3 is 2.50 bits per heavy atom. The lowest BCUT2D eigenvalue weighted by Crippen LogP contribution is -2.59. The molecule has 2 aliphatic rings. The van der Waals surface area contributed by atoms with Crippen LogP contribution >= 0.6 is 0 Å². The number of aliphatic hydroxyl groups is 1. The van der Waals surface area contributed by atoms with Crippen LogP contribution in [0.15, 0.2) is 60.7 Å². The third kappa shape index (κ3) is 3.26. The fourth-order valence-corrected chi connectivity index (χ4v) is 4.40. The van der Waals surface area contributed by atoms with E-state index in [4.69, 9.17) is 0 Å². The van der Waals surface area contributed by atoms with Gasteiger partial charge < -0.3 is 10.2 Å². The van der Waals surface area contributed by atoms with E-state index in [1.807, 2.05) is 30.3 Å². The molecule has 2 saturated heterocycles. The number of nitrogens with zero attached hydrogens (tertiary/aromatic N) is 2. The van der Waals surface area contributed by atoms with Crippen LogP contribution < -0.4 is 10.2 Å². The number of aliphatic hydroxyl groups excluding tert-OH is 1. The van der Waals surface area contributed by atoms with E-state index in [9.17, 15) is 34.7 Å². The number of rotatable bonds is 6. The number of hydrogen-bond donors (Lipinski definition) is 3. The van der Waals surface area contributed by atoms with E-state index < -0.39 is 52.7 Å². The number of carbonyl (C=O) groups excluding carboxylic acids is 2. The molecule has 2 aromatic carbocycles. The summed E-state index contributed by atoms with van der Waals surface area (Å²) in [6, 6.07) is 13.2. The number of amides is 2. The van der Waals surface area contributed by atoms with Crippen molar-refractivity contribution in [3.63, 3.8) is 0 Å². The molecular formula is C22H19N3O7. The van der Waals surface area contributed by atoms with Gasteiger partial charge in [0.15, 0.2) is 5.54 Å². The maximum absolute atomic E-state index is 13.3. The molecule has 164 valence electrons. The highest BCUT2D eigenvalue weighted by Gasteiger charge is 2.68. The third-order valence-electron chi connectivity index (χ3n) is 5.92. The molecule has 0 aromatic heterocycles. The second kappa shape index (κ2) is 7.98. The van der Waals surface area contributed by atoms with Crippen molar-refractivity contribution >= 4 is 35.2 Å². The van der Waals surface area contributed by atoms with Gasteiger partial charge in [-0.1, -0.05) is 48.6 Å². The van der Waals surface area contributed by atoms with Gasteiger partial charge in [0.1, 0.15) is 0 Å². The average molecular weight is 437 g/mol. The molecule has 4 rings (SSSR count). The minimum Gasteiger partial charge on any atom is -0.480 e. The van der Waals surface area contributed by atoms with Crippen molar-refractivity contribution in [3.05, 3.63) is 76.4 Å². The minimum atomic E-state index is -2.07. The highest BCUT2D eigenvalue weighted by atomic mass is 16.6. The number of nitro groups is 1. The Labute approximate surface area is 181 Å². The fourth-order valence-electron chi connectivity index (χ4n) is 4.40. The van der Waals surface area contributed by atoms with Crippen molar-refractivity contribution in [2.45, 2.75) is 11.6 Å². The zero-order chi connectivity index (χ0) is 23.0. The maximum atomic E-state index is 13.3. The highest BCUT2D eigenvalue weighted by molar-refractivity contribution is 6.24. The van der Waals surface area contributed by atoms with Crippen molar-refractivity contribution in [3.8, 4) is 0 Å². The van der Waals surface area contributed by atoms with E-state index >= 15 is 0 Å². The molecule has 10 heteroatoms. The fraction of sp³-hybridized carbons (Fsp3) is 0.227. The third-order valence-corrected chi connectivity index (χ3v) is 5.92. The molecule has 32 heavy (non-hydrogen) atoms.